The molecular formula is C32H33N3O2. The lowest BCUT2D eigenvalue weighted by atomic mass is 10.0. The summed E-state index contributed by atoms with van der Waals surface area (Å²) in [4.78, 5) is 29.1. The summed E-state index contributed by atoms with van der Waals surface area (Å²) in [5.41, 5.74) is 4.15. The highest BCUT2D eigenvalue weighted by Crippen LogP contribution is 2.28. The molecule has 0 bridgehead atoms. The highest BCUT2D eigenvalue weighted by Gasteiger charge is 2.33. The van der Waals surface area contributed by atoms with Crippen LogP contribution >= 0.6 is 0 Å². The van der Waals surface area contributed by atoms with Crippen LogP contribution in [0.15, 0.2) is 85.1 Å². The van der Waals surface area contributed by atoms with E-state index in [1.54, 1.807) is 4.90 Å². The number of aromatic nitrogens is 1. The van der Waals surface area contributed by atoms with E-state index < -0.39 is 17.5 Å². The molecule has 4 aromatic rings. The van der Waals surface area contributed by atoms with Crippen molar-refractivity contribution < 1.29 is 9.59 Å². The van der Waals surface area contributed by atoms with Crippen molar-refractivity contribution in [2.75, 3.05) is 0 Å². The van der Waals surface area contributed by atoms with Crippen LogP contribution in [0, 0.1) is 18.8 Å². The first-order chi connectivity index (χ1) is 17.6. The van der Waals surface area contributed by atoms with E-state index in [0.29, 0.717) is 0 Å². The average Bonchev–Trinajstić information content (AvgIpc) is 3.18. The van der Waals surface area contributed by atoms with Gasteiger partial charge in [-0.2, -0.15) is 0 Å². The Bertz CT molecular complexity index is 1470. The fourth-order valence-corrected chi connectivity index (χ4v) is 4.40. The third-order valence-electron chi connectivity index (χ3n) is 6.12. The van der Waals surface area contributed by atoms with Gasteiger partial charge in [0.25, 0.3) is 5.91 Å². The van der Waals surface area contributed by atoms with Crippen LogP contribution in [0.25, 0.3) is 10.9 Å². The van der Waals surface area contributed by atoms with Crippen molar-refractivity contribution in [1.82, 2.24) is 14.8 Å². The number of fused-ring (bicyclic) bond motifs is 1. The van der Waals surface area contributed by atoms with Gasteiger partial charge in [-0.15, -0.1) is 0 Å². The number of hydrogen-bond donors (Lipinski definition) is 1. The van der Waals surface area contributed by atoms with Gasteiger partial charge in [0.15, 0.2) is 0 Å². The lowest BCUT2D eigenvalue weighted by Gasteiger charge is -2.32. The maximum absolute atomic E-state index is 13.8. The van der Waals surface area contributed by atoms with Crippen LogP contribution in [0.3, 0.4) is 0 Å². The van der Waals surface area contributed by atoms with Crippen LogP contribution < -0.4 is 5.32 Å². The van der Waals surface area contributed by atoms with E-state index in [1.807, 2.05) is 124 Å². The monoisotopic (exact) mass is 491 g/mol. The molecule has 1 unspecified atom stereocenters. The normalized spacial score (nSPS) is 11.9. The minimum Gasteiger partial charge on any atom is -0.350 e. The standard InChI is InChI=1S/C32H33N3O2/c1-23-15-17-24(18-16-23)19-20-29(36)35(22-26-21-34(5)28-14-10-9-13-27(26)28)30(25-11-7-6-8-12-25)31(37)33-32(2,3)4/h6-18,21,30H,22H2,1-5H3,(H,33,37). The molecule has 1 N–H and O–H groups in total. The van der Waals surface area contributed by atoms with E-state index in [4.69, 9.17) is 0 Å². The van der Waals surface area contributed by atoms with Gasteiger partial charge in [-0.3, -0.25) is 9.59 Å². The minimum atomic E-state index is -0.848. The van der Waals surface area contributed by atoms with E-state index in [9.17, 15) is 9.59 Å². The molecule has 4 rings (SSSR count). The van der Waals surface area contributed by atoms with Crippen molar-refractivity contribution in [3.8, 4) is 11.8 Å². The third-order valence-corrected chi connectivity index (χ3v) is 6.12. The van der Waals surface area contributed by atoms with Crippen LogP contribution in [-0.4, -0.2) is 26.8 Å². The SMILES string of the molecule is Cc1ccc(C#CC(=O)N(Cc2cn(C)c3ccccc23)C(C(=O)NC(C)(C)C)c2ccccc2)cc1. The quantitative estimate of drug-likeness (QED) is 0.374. The molecule has 0 radical (unpaired) electrons. The summed E-state index contributed by atoms with van der Waals surface area (Å²) in [6.07, 6.45) is 2.02. The van der Waals surface area contributed by atoms with Gasteiger partial charge in [-0.1, -0.05) is 72.1 Å². The van der Waals surface area contributed by atoms with E-state index in [1.165, 1.54) is 0 Å². The van der Waals surface area contributed by atoms with E-state index in [0.717, 1.165) is 33.2 Å². The molecule has 0 saturated carbocycles. The Balaban J connectivity index is 1.81. The molecule has 3 aromatic carbocycles. The summed E-state index contributed by atoms with van der Waals surface area (Å²) >= 11 is 0. The smallest absolute Gasteiger partial charge is 0.300 e. The molecule has 5 nitrogen and oxygen atoms in total. The molecular weight excluding hydrogens is 458 g/mol. The Morgan fingerprint density at radius 2 is 1.59 bits per heavy atom. The lowest BCUT2D eigenvalue weighted by molar-refractivity contribution is -0.138. The van der Waals surface area contributed by atoms with Gasteiger partial charge in [0.2, 0.25) is 5.91 Å². The van der Waals surface area contributed by atoms with Crippen LogP contribution in [0.5, 0.6) is 0 Å². The number of benzene rings is 3. The maximum atomic E-state index is 13.8. The maximum Gasteiger partial charge on any atom is 0.300 e. The third kappa shape index (κ3) is 6.29. The van der Waals surface area contributed by atoms with Crippen LogP contribution in [-0.2, 0) is 23.2 Å². The van der Waals surface area contributed by atoms with E-state index in [-0.39, 0.29) is 12.5 Å². The lowest BCUT2D eigenvalue weighted by Crippen LogP contribution is -2.48. The Morgan fingerprint density at radius 3 is 2.27 bits per heavy atom. The molecule has 5 heteroatoms. The fourth-order valence-electron chi connectivity index (χ4n) is 4.40. The number of carbonyl (C=O) groups is 2. The Morgan fingerprint density at radius 1 is 0.946 bits per heavy atom. The largest absolute Gasteiger partial charge is 0.350 e. The fraction of sp³-hybridized carbons (Fsp3) is 0.250. The molecule has 1 aromatic heterocycles. The Labute approximate surface area is 219 Å². The topological polar surface area (TPSA) is 54.3 Å². The predicted octanol–water partition coefficient (Wildman–Crippen LogP) is 5.52. The zero-order chi connectivity index (χ0) is 26.6. The summed E-state index contributed by atoms with van der Waals surface area (Å²) in [7, 11) is 1.98. The number of rotatable bonds is 5. The molecule has 37 heavy (non-hydrogen) atoms. The number of nitrogens with zero attached hydrogens (tertiary/aromatic N) is 2. The number of carbonyl (C=O) groups excluding carboxylic acids is 2. The average molecular weight is 492 g/mol. The number of nitrogens with one attached hydrogen (secondary N) is 1. The summed E-state index contributed by atoms with van der Waals surface area (Å²) < 4.78 is 2.04. The van der Waals surface area contributed by atoms with Crippen molar-refractivity contribution in [1.29, 1.82) is 0 Å². The second-order valence-corrected chi connectivity index (χ2v) is 10.4. The molecule has 1 heterocycles. The molecule has 1 atom stereocenters. The summed E-state index contributed by atoms with van der Waals surface area (Å²) in [6, 6.07) is 24.3. The first-order valence-corrected chi connectivity index (χ1v) is 12.4. The Kier molecular flexibility index (Phi) is 7.50. The van der Waals surface area contributed by atoms with Crippen LogP contribution in [0.1, 0.15) is 49.1 Å². The van der Waals surface area contributed by atoms with Crippen molar-refractivity contribution in [2.45, 2.75) is 45.8 Å². The van der Waals surface area contributed by atoms with Gasteiger partial charge in [-0.05, 0) is 57.0 Å². The zero-order valence-corrected chi connectivity index (χ0v) is 22.1. The van der Waals surface area contributed by atoms with E-state index >= 15 is 0 Å². The van der Waals surface area contributed by atoms with Crippen LogP contribution in [0.2, 0.25) is 0 Å². The molecule has 2 amide bonds. The zero-order valence-electron chi connectivity index (χ0n) is 22.1. The van der Waals surface area contributed by atoms with Crippen LogP contribution in [0.4, 0.5) is 0 Å². The Hall–Kier alpha value is -4.30. The second kappa shape index (κ2) is 10.8. The van der Waals surface area contributed by atoms with Crippen molar-refractivity contribution >= 4 is 22.7 Å². The molecule has 188 valence electrons. The van der Waals surface area contributed by atoms with Crippen molar-refractivity contribution in [2.24, 2.45) is 7.05 Å². The van der Waals surface area contributed by atoms with Gasteiger partial charge >= 0.3 is 0 Å². The van der Waals surface area contributed by atoms with Gasteiger partial charge in [0, 0.05) is 47.7 Å². The summed E-state index contributed by atoms with van der Waals surface area (Å²) in [5.74, 6) is 5.15. The second-order valence-electron chi connectivity index (χ2n) is 10.4. The van der Waals surface area contributed by atoms with Gasteiger partial charge in [0.1, 0.15) is 6.04 Å². The van der Waals surface area contributed by atoms with Crippen molar-refractivity contribution in [3.63, 3.8) is 0 Å². The molecule has 0 aliphatic rings. The first-order valence-electron chi connectivity index (χ1n) is 12.4. The number of para-hydroxylation sites is 1. The van der Waals surface area contributed by atoms with E-state index in [2.05, 4.69) is 17.2 Å². The molecule has 0 aliphatic carbocycles. The summed E-state index contributed by atoms with van der Waals surface area (Å²) in [5, 5.41) is 4.11. The minimum absolute atomic E-state index is 0.236. The highest BCUT2D eigenvalue weighted by atomic mass is 16.2. The van der Waals surface area contributed by atoms with Gasteiger partial charge in [0.05, 0.1) is 0 Å². The molecule has 0 spiro atoms. The molecule has 0 aliphatic heterocycles. The van der Waals surface area contributed by atoms with Gasteiger partial charge < -0.3 is 14.8 Å². The number of aryl methyl sites for hydroxylation is 2. The first kappa shape index (κ1) is 25.8. The van der Waals surface area contributed by atoms with Gasteiger partial charge in [-0.25, -0.2) is 0 Å². The summed E-state index contributed by atoms with van der Waals surface area (Å²) in [6.45, 7) is 8.04. The number of hydrogen-bond acceptors (Lipinski definition) is 2. The molecule has 0 fully saturated rings. The highest BCUT2D eigenvalue weighted by molar-refractivity contribution is 5.98. The predicted molar refractivity (Wildman–Crippen MR) is 149 cm³/mol. The number of amides is 2. The molecule has 0 saturated heterocycles. The van der Waals surface area contributed by atoms with Crippen molar-refractivity contribution in [3.05, 3.63) is 107 Å².